The summed E-state index contributed by atoms with van der Waals surface area (Å²) in [5.41, 5.74) is 1.17. The molecule has 17 heavy (non-hydrogen) atoms. The van der Waals surface area contributed by atoms with Gasteiger partial charge in [0.1, 0.15) is 5.75 Å². The Kier molecular flexibility index (Phi) is 3.77. The minimum absolute atomic E-state index is 0.306. The van der Waals surface area contributed by atoms with E-state index < -0.39 is 0 Å². The van der Waals surface area contributed by atoms with Crippen LogP contribution in [0.5, 0.6) is 5.75 Å². The average molecular weight is 231 g/mol. The first-order chi connectivity index (χ1) is 8.24. The summed E-state index contributed by atoms with van der Waals surface area (Å²) in [6.07, 6.45) is 5.56. The molecular formula is C13H17N3O. The van der Waals surface area contributed by atoms with E-state index in [-0.39, 0.29) is 0 Å². The zero-order valence-electron chi connectivity index (χ0n) is 9.87. The van der Waals surface area contributed by atoms with Gasteiger partial charge in [0.15, 0.2) is 0 Å². The maximum atomic E-state index is 9.17. The van der Waals surface area contributed by atoms with Gasteiger partial charge in [-0.1, -0.05) is 12.1 Å². The second-order valence-corrected chi connectivity index (χ2v) is 4.21. The number of phenolic OH excluding ortho intramolecular Hbond substituents is 1. The Hall–Kier alpha value is -1.81. The fourth-order valence-electron chi connectivity index (χ4n) is 1.68. The van der Waals surface area contributed by atoms with Crippen molar-refractivity contribution < 1.29 is 5.11 Å². The third-order valence-electron chi connectivity index (χ3n) is 2.63. The molecule has 0 saturated carbocycles. The molecule has 0 saturated heterocycles. The molecule has 0 aliphatic heterocycles. The van der Waals surface area contributed by atoms with Crippen molar-refractivity contribution >= 4 is 0 Å². The molecule has 1 unspecified atom stereocenters. The topological polar surface area (TPSA) is 50.1 Å². The van der Waals surface area contributed by atoms with E-state index in [0.29, 0.717) is 11.8 Å². The van der Waals surface area contributed by atoms with Gasteiger partial charge in [0, 0.05) is 31.5 Å². The number of nitrogens with zero attached hydrogens (tertiary/aromatic N) is 2. The Morgan fingerprint density at radius 1 is 1.35 bits per heavy atom. The van der Waals surface area contributed by atoms with Crippen molar-refractivity contribution in [1.29, 1.82) is 0 Å². The molecule has 2 N–H and O–H groups in total. The fraction of sp³-hybridized carbons (Fsp3) is 0.308. The summed E-state index contributed by atoms with van der Waals surface area (Å²) in [7, 11) is 0. The third-order valence-corrected chi connectivity index (χ3v) is 2.63. The van der Waals surface area contributed by atoms with Gasteiger partial charge in [0.25, 0.3) is 0 Å². The Morgan fingerprint density at radius 2 is 2.12 bits per heavy atom. The average Bonchev–Trinajstić information content (AvgIpc) is 2.81. The maximum absolute atomic E-state index is 9.17. The van der Waals surface area contributed by atoms with Gasteiger partial charge in [-0.3, -0.25) is 0 Å². The number of nitrogens with one attached hydrogen (secondary N) is 1. The summed E-state index contributed by atoms with van der Waals surface area (Å²) >= 11 is 0. The van der Waals surface area contributed by atoms with Gasteiger partial charge in [-0.15, -0.1) is 0 Å². The summed E-state index contributed by atoms with van der Waals surface area (Å²) in [6, 6.07) is 7.63. The standard InChI is InChI=1S/C13H17N3O/c1-11(9-16-7-6-14-10-16)15-8-12-2-4-13(17)5-3-12/h2-7,10-11,15,17H,8-9H2,1H3. The lowest BCUT2D eigenvalue weighted by Gasteiger charge is -2.14. The van der Waals surface area contributed by atoms with Crippen molar-refractivity contribution in [2.45, 2.75) is 26.1 Å². The predicted octanol–water partition coefficient (Wildman–Crippen LogP) is 1.77. The van der Waals surface area contributed by atoms with Crippen LogP contribution in [0.4, 0.5) is 0 Å². The first kappa shape index (κ1) is 11.7. The van der Waals surface area contributed by atoms with Gasteiger partial charge < -0.3 is 15.0 Å². The van der Waals surface area contributed by atoms with E-state index in [0.717, 1.165) is 13.1 Å². The molecule has 4 heteroatoms. The highest BCUT2D eigenvalue weighted by molar-refractivity contribution is 5.25. The van der Waals surface area contributed by atoms with Gasteiger partial charge in [0.05, 0.1) is 6.33 Å². The molecule has 1 aromatic carbocycles. The highest BCUT2D eigenvalue weighted by Gasteiger charge is 2.02. The van der Waals surface area contributed by atoms with E-state index in [9.17, 15) is 5.11 Å². The van der Waals surface area contributed by atoms with E-state index >= 15 is 0 Å². The molecule has 90 valence electrons. The van der Waals surface area contributed by atoms with Crippen molar-refractivity contribution in [2.24, 2.45) is 0 Å². The van der Waals surface area contributed by atoms with Gasteiger partial charge in [-0.2, -0.15) is 0 Å². The molecule has 1 aromatic heterocycles. The highest BCUT2D eigenvalue weighted by Crippen LogP contribution is 2.09. The SMILES string of the molecule is CC(Cn1ccnc1)NCc1ccc(O)cc1. The van der Waals surface area contributed by atoms with Crippen LogP contribution in [0.1, 0.15) is 12.5 Å². The van der Waals surface area contributed by atoms with Crippen LogP contribution in [0.2, 0.25) is 0 Å². The lowest BCUT2D eigenvalue weighted by Crippen LogP contribution is -2.29. The highest BCUT2D eigenvalue weighted by atomic mass is 16.3. The maximum Gasteiger partial charge on any atom is 0.115 e. The summed E-state index contributed by atoms with van der Waals surface area (Å²) < 4.78 is 2.05. The molecule has 2 rings (SSSR count). The van der Waals surface area contributed by atoms with Gasteiger partial charge in [-0.25, -0.2) is 4.98 Å². The van der Waals surface area contributed by atoms with E-state index in [1.807, 2.05) is 24.7 Å². The number of hydrogen-bond donors (Lipinski definition) is 2. The second-order valence-electron chi connectivity index (χ2n) is 4.21. The van der Waals surface area contributed by atoms with Crippen LogP contribution in [-0.4, -0.2) is 20.7 Å². The summed E-state index contributed by atoms with van der Waals surface area (Å²) in [4.78, 5) is 4.01. The zero-order chi connectivity index (χ0) is 12.1. The molecule has 0 aliphatic rings. The van der Waals surface area contributed by atoms with Crippen molar-refractivity contribution in [2.75, 3.05) is 0 Å². The van der Waals surface area contributed by atoms with Gasteiger partial charge in [-0.05, 0) is 24.6 Å². The number of rotatable bonds is 5. The van der Waals surface area contributed by atoms with Crippen molar-refractivity contribution in [3.8, 4) is 5.75 Å². The Balaban J connectivity index is 1.79. The van der Waals surface area contributed by atoms with E-state index in [4.69, 9.17) is 0 Å². The second kappa shape index (κ2) is 5.50. The summed E-state index contributed by atoms with van der Waals surface area (Å²) in [6.45, 7) is 3.84. The van der Waals surface area contributed by atoms with Crippen LogP contribution in [0, 0.1) is 0 Å². The smallest absolute Gasteiger partial charge is 0.115 e. The Labute approximate surface area is 101 Å². The number of phenols is 1. The minimum atomic E-state index is 0.306. The molecule has 0 spiro atoms. The van der Waals surface area contributed by atoms with Crippen molar-refractivity contribution in [3.63, 3.8) is 0 Å². The third kappa shape index (κ3) is 3.60. The fourth-order valence-corrected chi connectivity index (χ4v) is 1.68. The molecule has 1 heterocycles. The van der Waals surface area contributed by atoms with Crippen LogP contribution < -0.4 is 5.32 Å². The van der Waals surface area contributed by atoms with Crippen molar-refractivity contribution in [3.05, 3.63) is 48.5 Å². The molecule has 0 radical (unpaired) electrons. The Bertz CT molecular complexity index is 436. The number of benzene rings is 1. The summed E-state index contributed by atoms with van der Waals surface area (Å²) in [5, 5.41) is 12.6. The van der Waals surface area contributed by atoms with E-state index in [1.165, 1.54) is 5.56 Å². The quantitative estimate of drug-likeness (QED) is 0.824. The summed E-state index contributed by atoms with van der Waals surface area (Å²) in [5.74, 6) is 0.306. The molecular weight excluding hydrogens is 214 g/mol. The molecule has 0 fully saturated rings. The number of aromatic nitrogens is 2. The van der Waals surface area contributed by atoms with Crippen LogP contribution in [0.25, 0.3) is 0 Å². The molecule has 0 bridgehead atoms. The number of aromatic hydroxyl groups is 1. The monoisotopic (exact) mass is 231 g/mol. The molecule has 4 nitrogen and oxygen atoms in total. The van der Waals surface area contributed by atoms with E-state index in [1.54, 1.807) is 18.3 Å². The first-order valence-electron chi connectivity index (χ1n) is 5.71. The van der Waals surface area contributed by atoms with Gasteiger partial charge >= 0.3 is 0 Å². The lowest BCUT2D eigenvalue weighted by molar-refractivity contribution is 0.470. The first-order valence-corrected chi connectivity index (χ1v) is 5.71. The number of imidazole rings is 1. The lowest BCUT2D eigenvalue weighted by atomic mass is 10.2. The molecule has 1 atom stereocenters. The molecule has 0 amide bonds. The van der Waals surface area contributed by atoms with Crippen LogP contribution in [0.3, 0.4) is 0 Å². The van der Waals surface area contributed by atoms with Crippen LogP contribution in [-0.2, 0) is 13.1 Å². The Morgan fingerprint density at radius 3 is 2.76 bits per heavy atom. The van der Waals surface area contributed by atoms with Gasteiger partial charge in [0.2, 0.25) is 0 Å². The zero-order valence-corrected chi connectivity index (χ0v) is 9.87. The largest absolute Gasteiger partial charge is 0.508 e. The number of hydrogen-bond acceptors (Lipinski definition) is 3. The predicted molar refractivity (Wildman–Crippen MR) is 66.6 cm³/mol. The van der Waals surface area contributed by atoms with Crippen molar-refractivity contribution in [1.82, 2.24) is 14.9 Å². The molecule has 0 aliphatic carbocycles. The minimum Gasteiger partial charge on any atom is -0.508 e. The normalized spacial score (nSPS) is 12.5. The van der Waals surface area contributed by atoms with Crippen LogP contribution >= 0.6 is 0 Å². The van der Waals surface area contributed by atoms with Crippen LogP contribution in [0.15, 0.2) is 43.0 Å². The molecule has 2 aromatic rings. The van der Waals surface area contributed by atoms with E-state index in [2.05, 4.69) is 21.8 Å².